The van der Waals surface area contributed by atoms with Crippen molar-refractivity contribution in [2.45, 2.75) is 12.5 Å². The van der Waals surface area contributed by atoms with E-state index in [-0.39, 0.29) is 6.04 Å². The number of rotatable bonds is 1. The van der Waals surface area contributed by atoms with Crippen LogP contribution in [0.25, 0.3) is 0 Å². The molecule has 2 unspecified atom stereocenters. The first kappa shape index (κ1) is 8.00. The van der Waals surface area contributed by atoms with Crippen LogP contribution >= 0.6 is 0 Å². The Labute approximate surface area is 77.6 Å². The molecule has 13 heavy (non-hydrogen) atoms. The highest BCUT2D eigenvalue weighted by molar-refractivity contribution is 5.80. The molecule has 1 heterocycles. The van der Waals surface area contributed by atoms with Crippen molar-refractivity contribution in [3.8, 4) is 6.07 Å². The van der Waals surface area contributed by atoms with Crippen LogP contribution in [0.3, 0.4) is 0 Å². The van der Waals surface area contributed by atoms with Crippen LogP contribution in [0.4, 0.5) is 0 Å². The predicted octanol–water partition coefficient (Wildman–Crippen LogP) is 2.02. The summed E-state index contributed by atoms with van der Waals surface area (Å²) in [4.78, 5) is 4.37. The first-order chi connectivity index (χ1) is 6.40. The van der Waals surface area contributed by atoms with E-state index in [0.717, 1.165) is 5.57 Å². The lowest BCUT2D eigenvalue weighted by Crippen LogP contribution is -2.18. The SMILES string of the molecule is N#CCC1=CC2C=CC=CC2N=C1. The minimum Gasteiger partial charge on any atom is -0.284 e. The summed E-state index contributed by atoms with van der Waals surface area (Å²) < 4.78 is 0. The maximum atomic E-state index is 8.53. The van der Waals surface area contributed by atoms with Crippen molar-refractivity contribution in [1.29, 1.82) is 5.26 Å². The quantitative estimate of drug-likeness (QED) is 0.593. The molecule has 1 aliphatic heterocycles. The number of nitrogens with zero attached hydrogens (tertiary/aromatic N) is 2. The monoisotopic (exact) mass is 170 g/mol. The lowest BCUT2D eigenvalue weighted by atomic mass is 9.91. The van der Waals surface area contributed by atoms with Gasteiger partial charge in [0.1, 0.15) is 0 Å². The zero-order valence-electron chi connectivity index (χ0n) is 7.22. The Balaban J connectivity index is 2.18. The third-order valence-electron chi connectivity index (χ3n) is 2.25. The third kappa shape index (κ3) is 1.59. The Morgan fingerprint density at radius 3 is 3.08 bits per heavy atom. The van der Waals surface area contributed by atoms with E-state index in [1.165, 1.54) is 0 Å². The third-order valence-corrected chi connectivity index (χ3v) is 2.25. The van der Waals surface area contributed by atoms with Crippen LogP contribution in [-0.4, -0.2) is 12.3 Å². The summed E-state index contributed by atoms with van der Waals surface area (Å²) in [6, 6.07) is 2.39. The normalized spacial score (nSPS) is 29.3. The first-order valence-electron chi connectivity index (χ1n) is 4.36. The van der Waals surface area contributed by atoms with Gasteiger partial charge in [0, 0.05) is 12.1 Å². The Bertz CT molecular complexity index is 353. The number of allylic oxidation sites excluding steroid dienone is 3. The van der Waals surface area contributed by atoms with Crippen LogP contribution in [0.1, 0.15) is 6.42 Å². The molecular weight excluding hydrogens is 160 g/mol. The molecule has 2 rings (SSSR count). The van der Waals surface area contributed by atoms with Crippen LogP contribution in [-0.2, 0) is 0 Å². The summed E-state index contributed by atoms with van der Waals surface area (Å²) >= 11 is 0. The van der Waals surface area contributed by atoms with Gasteiger partial charge in [0.15, 0.2) is 0 Å². The van der Waals surface area contributed by atoms with Gasteiger partial charge in [-0.15, -0.1) is 0 Å². The minimum absolute atomic E-state index is 0.257. The molecule has 0 N–H and O–H groups in total. The van der Waals surface area contributed by atoms with Crippen LogP contribution in [0.2, 0.25) is 0 Å². The molecule has 0 saturated carbocycles. The standard InChI is InChI=1S/C11H10N2/c12-6-5-9-7-10-3-1-2-4-11(10)13-8-9/h1-4,7-8,10-11H,5H2. The zero-order valence-corrected chi connectivity index (χ0v) is 7.22. The molecule has 0 aromatic rings. The van der Waals surface area contributed by atoms with Gasteiger partial charge in [-0.1, -0.05) is 30.4 Å². The van der Waals surface area contributed by atoms with Crippen molar-refractivity contribution < 1.29 is 0 Å². The van der Waals surface area contributed by atoms with Crippen molar-refractivity contribution >= 4 is 6.21 Å². The van der Waals surface area contributed by atoms with E-state index in [1.807, 2.05) is 18.4 Å². The fourth-order valence-corrected chi connectivity index (χ4v) is 1.58. The molecular formula is C11H10N2. The van der Waals surface area contributed by atoms with Gasteiger partial charge < -0.3 is 0 Å². The number of aliphatic imine (C=N–C) groups is 1. The summed E-state index contributed by atoms with van der Waals surface area (Å²) in [5, 5.41) is 8.53. The molecule has 1 aliphatic carbocycles. The minimum atomic E-state index is 0.257. The average molecular weight is 170 g/mol. The molecule has 2 heteroatoms. The van der Waals surface area contributed by atoms with Crippen LogP contribution in [0.5, 0.6) is 0 Å². The van der Waals surface area contributed by atoms with Gasteiger partial charge >= 0.3 is 0 Å². The second kappa shape index (κ2) is 3.40. The van der Waals surface area contributed by atoms with E-state index in [4.69, 9.17) is 5.26 Å². The van der Waals surface area contributed by atoms with Crippen molar-refractivity contribution in [2.75, 3.05) is 0 Å². The van der Waals surface area contributed by atoms with Gasteiger partial charge in [-0.3, -0.25) is 4.99 Å². The molecule has 0 fully saturated rings. The molecule has 0 aromatic carbocycles. The molecule has 0 saturated heterocycles. The van der Waals surface area contributed by atoms with Crippen molar-refractivity contribution in [1.82, 2.24) is 0 Å². The second-order valence-corrected chi connectivity index (χ2v) is 3.19. The maximum absolute atomic E-state index is 8.53. The molecule has 0 bridgehead atoms. The maximum Gasteiger partial charge on any atom is 0.0780 e. The highest BCUT2D eigenvalue weighted by Crippen LogP contribution is 2.22. The van der Waals surface area contributed by atoms with Gasteiger partial charge in [-0.05, 0) is 5.57 Å². The molecule has 0 radical (unpaired) electrons. The first-order valence-corrected chi connectivity index (χ1v) is 4.36. The molecule has 0 amide bonds. The molecule has 64 valence electrons. The van der Waals surface area contributed by atoms with Crippen LogP contribution < -0.4 is 0 Å². The Hall–Kier alpha value is -1.62. The summed E-state index contributed by atoms with van der Waals surface area (Å²) in [6.07, 6.45) is 12.7. The predicted molar refractivity (Wildman–Crippen MR) is 52.4 cm³/mol. The summed E-state index contributed by atoms with van der Waals surface area (Å²) in [7, 11) is 0. The number of dihydropyridines is 1. The van der Waals surface area contributed by atoms with Gasteiger partial charge in [0.25, 0.3) is 0 Å². The van der Waals surface area contributed by atoms with Gasteiger partial charge in [0.05, 0.1) is 18.5 Å². The van der Waals surface area contributed by atoms with E-state index in [0.29, 0.717) is 12.3 Å². The topological polar surface area (TPSA) is 36.1 Å². The highest BCUT2D eigenvalue weighted by atomic mass is 14.8. The Morgan fingerprint density at radius 2 is 2.23 bits per heavy atom. The fraction of sp³-hybridized carbons (Fsp3) is 0.273. The summed E-state index contributed by atoms with van der Waals surface area (Å²) in [5.74, 6) is 0.360. The number of hydrogen-bond acceptors (Lipinski definition) is 2. The lowest BCUT2D eigenvalue weighted by molar-refractivity contribution is 0.676. The number of nitriles is 1. The fourth-order valence-electron chi connectivity index (χ4n) is 1.58. The molecule has 0 spiro atoms. The zero-order chi connectivity index (χ0) is 9.10. The van der Waals surface area contributed by atoms with E-state index >= 15 is 0 Å². The Kier molecular flexibility index (Phi) is 2.09. The average Bonchev–Trinajstić information content (AvgIpc) is 2.18. The van der Waals surface area contributed by atoms with Crippen LogP contribution in [0.15, 0.2) is 40.9 Å². The van der Waals surface area contributed by atoms with Crippen molar-refractivity contribution in [3.05, 3.63) is 36.0 Å². The smallest absolute Gasteiger partial charge is 0.0780 e. The van der Waals surface area contributed by atoms with Crippen molar-refractivity contribution in [2.24, 2.45) is 10.9 Å². The van der Waals surface area contributed by atoms with Crippen molar-refractivity contribution in [3.63, 3.8) is 0 Å². The molecule has 2 aliphatic rings. The van der Waals surface area contributed by atoms with E-state index in [9.17, 15) is 0 Å². The summed E-state index contributed by atoms with van der Waals surface area (Å²) in [6.45, 7) is 0. The number of fused-ring (bicyclic) bond motifs is 1. The Morgan fingerprint density at radius 1 is 1.38 bits per heavy atom. The second-order valence-electron chi connectivity index (χ2n) is 3.19. The van der Waals surface area contributed by atoms with Gasteiger partial charge in [-0.25, -0.2) is 0 Å². The molecule has 0 aromatic heterocycles. The lowest BCUT2D eigenvalue weighted by Gasteiger charge is -2.21. The summed E-state index contributed by atoms with van der Waals surface area (Å²) in [5.41, 5.74) is 1.03. The molecule has 2 nitrogen and oxygen atoms in total. The van der Waals surface area contributed by atoms with Crippen LogP contribution in [0, 0.1) is 17.2 Å². The largest absolute Gasteiger partial charge is 0.284 e. The van der Waals surface area contributed by atoms with E-state index in [2.05, 4.69) is 29.3 Å². The van der Waals surface area contributed by atoms with Gasteiger partial charge in [0.2, 0.25) is 0 Å². The molecule has 2 atom stereocenters. The van der Waals surface area contributed by atoms with Gasteiger partial charge in [-0.2, -0.15) is 5.26 Å². The van der Waals surface area contributed by atoms with E-state index in [1.54, 1.807) is 0 Å². The van der Waals surface area contributed by atoms with E-state index < -0.39 is 0 Å². The highest BCUT2D eigenvalue weighted by Gasteiger charge is 2.18. The number of hydrogen-bond donors (Lipinski definition) is 0.